The number of rotatable bonds is 1. The first-order valence-corrected chi connectivity index (χ1v) is 5.48. The first kappa shape index (κ1) is 10.4. The molecule has 0 saturated carbocycles. The molecule has 0 amide bonds. The molecule has 0 spiro atoms. The summed E-state index contributed by atoms with van der Waals surface area (Å²) in [6.45, 7) is 2.04. The topological polar surface area (TPSA) is 0 Å². The fourth-order valence-corrected chi connectivity index (χ4v) is 1.79. The van der Waals surface area contributed by atoms with Crippen molar-refractivity contribution in [3.8, 4) is 11.1 Å². The largest absolute Gasteiger partial charge is 0.207 e. The van der Waals surface area contributed by atoms with E-state index in [4.69, 9.17) is 0 Å². The van der Waals surface area contributed by atoms with Crippen LogP contribution in [0.25, 0.3) is 11.1 Å². The van der Waals surface area contributed by atoms with Gasteiger partial charge in [0, 0.05) is 4.47 Å². The molecule has 2 rings (SSSR count). The Kier molecular flexibility index (Phi) is 2.87. The van der Waals surface area contributed by atoms with E-state index in [2.05, 4.69) is 15.9 Å². The third-order valence-electron chi connectivity index (χ3n) is 2.35. The highest BCUT2D eigenvalue weighted by atomic mass is 79.9. The highest BCUT2D eigenvalue weighted by molar-refractivity contribution is 9.10. The van der Waals surface area contributed by atoms with Gasteiger partial charge in [0.15, 0.2) is 0 Å². The van der Waals surface area contributed by atoms with E-state index >= 15 is 0 Å². The van der Waals surface area contributed by atoms with Crippen molar-refractivity contribution in [1.29, 1.82) is 0 Å². The molecule has 0 aromatic heterocycles. The van der Waals surface area contributed by atoms with Crippen molar-refractivity contribution < 1.29 is 4.39 Å². The van der Waals surface area contributed by atoms with E-state index in [0.29, 0.717) is 0 Å². The van der Waals surface area contributed by atoms with Gasteiger partial charge in [0.25, 0.3) is 0 Å². The molecule has 0 fully saturated rings. The van der Waals surface area contributed by atoms with Crippen molar-refractivity contribution in [3.63, 3.8) is 0 Å². The van der Waals surface area contributed by atoms with Gasteiger partial charge < -0.3 is 0 Å². The summed E-state index contributed by atoms with van der Waals surface area (Å²) < 4.78 is 13.8. The fourth-order valence-electron chi connectivity index (χ4n) is 1.41. The van der Waals surface area contributed by atoms with Crippen LogP contribution >= 0.6 is 15.9 Å². The van der Waals surface area contributed by atoms with Crippen LogP contribution in [0.2, 0.25) is 0 Å². The van der Waals surface area contributed by atoms with E-state index < -0.39 is 0 Å². The van der Waals surface area contributed by atoms with Crippen LogP contribution in [0.3, 0.4) is 0 Å². The molecular formula is C13H10BrF. The van der Waals surface area contributed by atoms with Crippen LogP contribution in [0.4, 0.5) is 4.39 Å². The van der Waals surface area contributed by atoms with Gasteiger partial charge in [0.2, 0.25) is 0 Å². The summed E-state index contributed by atoms with van der Waals surface area (Å²) in [7, 11) is 0. The zero-order valence-corrected chi connectivity index (χ0v) is 9.88. The Labute approximate surface area is 96.9 Å². The zero-order chi connectivity index (χ0) is 10.8. The Hall–Kier alpha value is -1.15. The van der Waals surface area contributed by atoms with Crippen LogP contribution in [0, 0.1) is 12.7 Å². The molecule has 76 valence electrons. The maximum absolute atomic E-state index is 12.7. The van der Waals surface area contributed by atoms with E-state index in [-0.39, 0.29) is 5.82 Å². The second kappa shape index (κ2) is 4.15. The number of hydrogen-bond donors (Lipinski definition) is 0. The van der Waals surface area contributed by atoms with E-state index in [1.165, 1.54) is 17.7 Å². The van der Waals surface area contributed by atoms with Crippen LogP contribution in [0.5, 0.6) is 0 Å². The molecule has 2 aromatic carbocycles. The average Bonchev–Trinajstić information content (AvgIpc) is 2.23. The van der Waals surface area contributed by atoms with Crippen LogP contribution in [0.15, 0.2) is 46.9 Å². The van der Waals surface area contributed by atoms with Crippen molar-refractivity contribution in [1.82, 2.24) is 0 Å². The predicted molar refractivity (Wildman–Crippen MR) is 64.3 cm³/mol. The molecule has 0 unspecified atom stereocenters. The molecular weight excluding hydrogens is 255 g/mol. The summed E-state index contributed by atoms with van der Waals surface area (Å²) in [5, 5.41) is 0. The quantitative estimate of drug-likeness (QED) is 0.708. The second-order valence-electron chi connectivity index (χ2n) is 3.47. The van der Waals surface area contributed by atoms with E-state index in [9.17, 15) is 4.39 Å². The van der Waals surface area contributed by atoms with Gasteiger partial charge in [0.05, 0.1) is 0 Å². The Morgan fingerprint density at radius 2 is 1.53 bits per heavy atom. The summed E-state index contributed by atoms with van der Waals surface area (Å²) in [5.41, 5.74) is 3.31. The lowest BCUT2D eigenvalue weighted by Crippen LogP contribution is -1.81. The van der Waals surface area contributed by atoms with Crippen molar-refractivity contribution in [2.45, 2.75) is 6.92 Å². The van der Waals surface area contributed by atoms with Gasteiger partial charge in [-0.15, -0.1) is 0 Å². The molecule has 0 aliphatic rings. The van der Waals surface area contributed by atoms with E-state index in [1.807, 2.05) is 25.1 Å². The minimum atomic E-state index is -0.204. The Morgan fingerprint density at radius 1 is 0.933 bits per heavy atom. The van der Waals surface area contributed by atoms with E-state index in [0.717, 1.165) is 15.6 Å². The second-order valence-corrected chi connectivity index (χ2v) is 4.33. The van der Waals surface area contributed by atoms with Crippen LogP contribution in [-0.2, 0) is 0 Å². The van der Waals surface area contributed by atoms with Gasteiger partial charge in [0.1, 0.15) is 5.82 Å². The molecule has 0 nitrogen and oxygen atoms in total. The number of hydrogen-bond acceptors (Lipinski definition) is 0. The van der Waals surface area contributed by atoms with Gasteiger partial charge >= 0.3 is 0 Å². The van der Waals surface area contributed by atoms with Crippen LogP contribution in [0.1, 0.15) is 5.56 Å². The zero-order valence-electron chi connectivity index (χ0n) is 8.30. The standard InChI is InChI=1S/C13H10BrF/c1-9-2-3-11(8-13(9)14)10-4-6-12(15)7-5-10/h2-8H,1H3. The molecule has 0 bridgehead atoms. The number of halogens is 2. The average molecular weight is 265 g/mol. The summed E-state index contributed by atoms with van der Waals surface area (Å²) in [4.78, 5) is 0. The highest BCUT2D eigenvalue weighted by Crippen LogP contribution is 2.25. The Bertz CT molecular complexity index is 474. The normalized spacial score (nSPS) is 10.3. The molecule has 0 N–H and O–H groups in total. The molecule has 0 radical (unpaired) electrons. The molecule has 0 aliphatic carbocycles. The van der Waals surface area contributed by atoms with Crippen molar-refractivity contribution in [3.05, 3.63) is 58.3 Å². The molecule has 0 saturated heterocycles. The molecule has 0 heterocycles. The summed E-state index contributed by atoms with van der Waals surface area (Å²) in [6, 6.07) is 12.6. The van der Waals surface area contributed by atoms with Crippen molar-refractivity contribution >= 4 is 15.9 Å². The number of benzene rings is 2. The van der Waals surface area contributed by atoms with E-state index in [1.54, 1.807) is 12.1 Å². The third kappa shape index (κ3) is 2.26. The summed E-state index contributed by atoms with van der Waals surface area (Å²) >= 11 is 3.48. The lowest BCUT2D eigenvalue weighted by molar-refractivity contribution is 0.628. The smallest absolute Gasteiger partial charge is 0.123 e. The van der Waals surface area contributed by atoms with Crippen LogP contribution in [-0.4, -0.2) is 0 Å². The third-order valence-corrected chi connectivity index (χ3v) is 3.20. The summed E-state index contributed by atoms with van der Waals surface area (Å²) in [5.74, 6) is -0.204. The maximum Gasteiger partial charge on any atom is 0.123 e. The van der Waals surface area contributed by atoms with Crippen LogP contribution < -0.4 is 0 Å². The Balaban J connectivity index is 2.45. The predicted octanol–water partition coefficient (Wildman–Crippen LogP) is 4.56. The minimum absolute atomic E-state index is 0.204. The molecule has 0 atom stereocenters. The van der Waals surface area contributed by atoms with Gasteiger partial charge in [-0.25, -0.2) is 4.39 Å². The lowest BCUT2D eigenvalue weighted by atomic mass is 10.0. The maximum atomic E-state index is 12.7. The van der Waals surface area contributed by atoms with Crippen molar-refractivity contribution in [2.75, 3.05) is 0 Å². The number of aryl methyl sites for hydroxylation is 1. The van der Waals surface area contributed by atoms with Gasteiger partial charge in [-0.1, -0.05) is 40.2 Å². The van der Waals surface area contributed by atoms with Gasteiger partial charge in [-0.2, -0.15) is 0 Å². The highest BCUT2D eigenvalue weighted by Gasteiger charge is 2.00. The van der Waals surface area contributed by atoms with Crippen molar-refractivity contribution in [2.24, 2.45) is 0 Å². The fraction of sp³-hybridized carbons (Fsp3) is 0.0769. The minimum Gasteiger partial charge on any atom is -0.207 e. The molecule has 15 heavy (non-hydrogen) atoms. The lowest BCUT2D eigenvalue weighted by Gasteiger charge is -2.04. The first-order valence-electron chi connectivity index (χ1n) is 4.69. The molecule has 2 aromatic rings. The molecule has 0 aliphatic heterocycles. The summed E-state index contributed by atoms with van der Waals surface area (Å²) in [6.07, 6.45) is 0. The van der Waals surface area contributed by atoms with Gasteiger partial charge in [-0.05, 0) is 41.8 Å². The monoisotopic (exact) mass is 264 g/mol. The first-order chi connectivity index (χ1) is 7.16. The SMILES string of the molecule is Cc1ccc(-c2ccc(F)cc2)cc1Br. The Morgan fingerprint density at radius 3 is 2.13 bits per heavy atom. The van der Waals surface area contributed by atoms with Gasteiger partial charge in [-0.3, -0.25) is 0 Å². The molecule has 2 heteroatoms.